The Bertz CT molecular complexity index is 921. The van der Waals surface area contributed by atoms with Gasteiger partial charge in [0.1, 0.15) is 5.65 Å². The molecule has 3 aromatic heterocycles. The molecule has 0 spiro atoms. The van der Waals surface area contributed by atoms with Crippen molar-refractivity contribution in [3.8, 4) is 0 Å². The number of H-pyrrole nitrogens is 1. The van der Waals surface area contributed by atoms with Gasteiger partial charge in [-0.25, -0.2) is 4.98 Å². The molecule has 7 heteroatoms. The molecule has 0 atom stereocenters. The predicted molar refractivity (Wildman–Crippen MR) is 104 cm³/mol. The number of carbonyl (C=O) groups excluding carboxylic acids is 1. The molecule has 3 aromatic rings. The number of carbonyl (C=O) groups is 1. The van der Waals surface area contributed by atoms with Gasteiger partial charge in [0.25, 0.3) is 0 Å². The van der Waals surface area contributed by atoms with Crippen molar-refractivity contribution in [2.45, 2.75) is 25.3 Å². The Morgan fingerprint density at radius 2 is 2.19 bits per heavy atom. The first kappa shape index (κ1) is 17.7. The number of likely N-dealkylation sites (tertiary alicyclic amines) is 1. The lowest BCUT2D eigenvalue weighted by Crippen LogP contribution is -2.41. The Morgan fingerprint density at radius 3 is 2.93 bits per heavy atom. The number of fused-ring (bicyclic) bond motifs is 1. The number of aromatic amines is 1. The maximum Gasteiger partial charge on any atom is 0.236 e. The van der Waals surface area contributed by atoms with E-state index in [0.29, 0.717) is 19.0 Å². The maximum absolute atomic E-state index is 12.6. The van der Waals surface area contributed by atoms with Crippen LogP contribution >= 0.6 is 0 Å². The van der Waals surface area contributed by atoms with Gasteiger partial charge in [0.2, 0.25) is 5.91 Å². The summed E-state index contributed by atoms with van der Waals surface area (Å²) in [5.41, 5.74) is 3.37. The summed E-state index contributed by atoms with van der Waals surface area (Å²) >= 11 is 0. The number of amides is 1. The molecule has 0 aliphatic carbocycles. The fourth-order valence-corrected chi connectivity index (χ4v) is 3.94. The van der Waals surface area contributed by atoms with Crippen molar-refractivity contribution in [3.63, 3.8) is 0 Å². The van der Waals surface area contributed by atoms with Crippen LogP contribution in [0.2, 0.25) is 0 Å². The summed E-state index contributed by atoms with van der Waals surface area (Å²) < 4.78 is 1.76. The average molecular weight is 366 g/mol. The van der Waals surface area contributed by atoms with E-state index in [1.54, 1.807) is 9.58 Å². The van der Waals surface area contributed by atoms with Crippen LogP contribution in [0.3, 0.4) is 0 Å². The summed E-state index contributed by atoms with van der Waals surface area (Å²) in [4.78, 5) is 24.3. The summed E-state index contributed by atoms with van der Waals surface area (Å²) in [6.07, 6.45) is 9.82. The van der Waals surface area contributed by atoms with Crippen LogP contribution < -0.4 is 0 Å². The quantitative estimate of drug-likeness (QED) is 0.751. The second-order valence-electron chi connectivity index (χ2n) is 7.47. The standard InChI is InChI=1S/C20H26N6O/c1-24(12-15-10-23-25(2)13-15)19(27)14-26-8-5-16(6-9-26)18-11-22-20-17(18)4-3-7-21-20/h3-4,7,10-11,13,16H,5-6,8-9,12,14H2,1-2H3,(H,21,22). The fourth-order valence-electron chi connectivity index (χ4n) is 3.94. The van der Waals surface area contributed by atoms with Crippen LogP contribution in [0, 0.1) is 0 Å². The molecule has 0 unspecified atom stereocenters. The Kier molecular flexibility index (Phi) is 4.94. The van der Waals surface area contributed by atoms with E-state index in [2.05, 4.69) is 32.2 Å². The summed E-state index contributed by atoms with van der Waals surface area (Å²) in [5.74, 6) is 0.691. The van der Waals surface area contributed by atoms with Crippen molar-refractivity contribution in [1.29, 1.82) is 0 Å². The molecule has 27 heavy (non-hydrogen) atoms. The number of nitrogens with one attached hydrogen (secondary N) is 1. The van der Waals surface area contributed by atoms with Crippen LogP contribution in [-0.2, 0) is 18.4 Å². The van der Waals surface area contributed by atoms with Gasteiger partial charge in [-0.3, -0.25) is 14.4 Å². The molecule has 1 saturated heterocycles. The SMILES string of the molecule is CN(Cc1cnn(C)c1)C(=O)CN1CCC(c2c[nH]c3ncccc23)CC1. The number of rotatable bonds is 5. The van der Waals surface area contributed by atoms with Gasteiger partial charge in [0, 0.05) is 50.2 Å². The van der Waals surface area contributed by atoms with Gasteiger partial charge in [0.05, 0.1) is 12.7 Å². The molecule has 1 aliphatic heterocycles. The van der Waals surface area contributed by atoms with E-state index in [-0.39, 0.29) is 5.91 Å². The van der Waals surface area contributed by atoms with Crippen LogP contribution in [0.15, 0.2) is 36.9 Å². The van der Waals surface area contributed by atoms with Gasteiger partial charge in [-0.15, -0.1) is 0 Å². The average Bonchev–Trinajstić information content (AvgIpc) is 3.28. The van der Waals surface area contributed by atoms with Crippen LogP contribution in [0.4, 0.5) is 0 Å². The van der Waals surface area contributed by atoms with E-state index in [0.717, 1.165) is 37.1 Å². The molecule has 4 rings (SSSR count). The summed E-state index contributed by atoms with van der Waals surface area (Å²) in [6, 6.07) is 4.13. The van der Waals surface area contributed by atoms with Gasteiger partial charge in [-0.05, 0) is 49.5 Å². The molecule has 7 nitrogen and oxygen atoms in total. The predicted octanol–water partition coefficient (Wildman–Crippen LogP) is 2.13. The van der Waals surface area contributed by atoms with Gasteiger partial charge in [0.15, 0.2) is 0 Å². The van der Waals surface area contributed by atoms with Crippen LogP contribution in [-0.4, -0.2) is 62.1 Å². The number of hydrogen-bond donors (Lipinski definition) is 1. The fraction of sp³-hybridized carbons (Fsp3) is 0.450. The zero-order valence-corrected chi connectivity index (χ0v) is 15.9. The van der Waals surface area contributed by atoms with E-state index in [9.17, 15) is 4.79 Å². The molecule has 1 N–H and O–H groups in total. The molecule has 1 aliphatic rings. The van der Waals surface area contributed by atoms with E-state index in [1.165, 1.54) is 10.9 Å². The molecule has 0 radical (unpaired) electrons. The molecular weight excluding hydrogens is 340 g/mol. The monoisotopic (exact) mass is 366 g/mol. The third kappa shape index (κ3) is 3.88. The maximum atomic E-state index is 12.6. The van der Waals surface area contributed by atoms with Crippen molar-refractivity contribution in [2.24, 2.45) is 7.05 Å². The summed E-state index contributed by atoms with van der Waals surface area (Å²) in [7, 11) is 3.75. The second-order valence-corrected chi connectivity index (χ2v) is 7.47. The zero-order valence-electron chi connectivity index (χ0n) is 15.9. The third-order valence-electron chi connectivity index (χ3n) is 5.47. The van der Waals surface area contributed by atoms with Crippen molar-refractivity contribution < 1.29 is 4.79 Å². The van der Waals surface area contributed by atoms with Gasteiger partial charge in [-0.2, -0.15) is 5.10 Å². The lowest BCUT2D eigenvalue weighted by molar-refractivity contribution is -0.131. The topological polar surface area (TPSA) is 70.1 Å². The van der Waals surface area contributed by atoms with Crippen LogP contribution in [0.5, 0.6) is 0 Å². The normalized spacial score (nSPS) is 16.1. The Balaban J connectivity index is 1.30. The molecular formula is C20H26N6O. The van der Waals surface area contributed by atoms with Crippen molar-refractivity contribution in [1.82, 2.24) is 29.5 Å². The number of hydrogen-bond acceptors (Lipinski definition) is 4. The minimum Gasteiger partial charge on any atom is -0.346 e. The van der Waals surface area contributed by atoms with Gasteiger partial charge >= 0.3 is 0 Å². The number of nitrogens with zero attached hydrogens (tertiary/aromatic N) is 5. The lowest BCUT2D eigenvalue weighted by Gasteiger charge is -2.32. The van der Waals surface area contributed by atoms with E-state index in [1.807, 2.05) is 38.8 Å². The highest BCUT2D eigenvalue weighted by atomic mass is 16.2. The first-order valence-electron chi connectivity index (χ1n) is 9.46. The zero-order chi connectivity index (χ0) is 18.8. The molecule has 0 aromatic carbocycles. The van der Waals surface area contributed by atoms with E-state index in [4.69, 9.17) is 0 Å². The third-order valence-corrected chi connectivity index (χ3v) is 5.47. The number of aryl methyl sites for hydroxylation is 1. The summed E-state index contributed by atoms with van der Waals surface area (Å²) in [5, 5.41) is 5.39. The smallest absolute Gasteiger partial charge is 0.236 e. The minimum absolute atomic E-state index is 0.161. The van der Waals surface area contributed by atoms with E-state index < -0.39 is 0 Å². The molecule has 0 saturated carbocycles. The highest BCUT2D eigenvalue weighted by Crippen LogP contribution is 2.32. The molecule has 1 fully saturated rings. The molecule has 142 valence electrons. The molecule has 0 bridgehead atoms. The minimum atomic E-state index is 0.161. The largest absolute Gasteiger partial charge is 0.346 e. The second kappa shape index (κ2) is 7.52. The number of aromatic nitrogens is 4. The number of likely N-dealkylation sites (N-methyl/N-ethyl adjacent to an activating group) is 1. The van der Waals surface area contributed by atoms with Gasteiger partial charge < -0.3 is 9.88 Å². The Labute approximate surface area is 159 Å². The van der Waals surface area contributed by atoms with Crippen LogP contribution in [0.1, 0.15) is 29.9 Å². The van der Waals surface area contributed by atoms with Crippen molar-refractivity contribution >= 4 is 16.9 Å². The first-order valence-corrected chi connectivity index (χ1v) is 9.46. The van der Waals surface area contributed by atoms with E-state index >= 15 is 0 Å². The Morgan fingerprint density at radius 1 is 1.37 bits per heavy atom. The first-order chi connectivity index (χ1) is 13.1. The van der Waals surface area contributed by atoms with Crippen LogP contribution in [0.25, 0.3) is 11.0 Å². The highest BCUT2D eigenvalue weighted by Gasteiger charge is 2.25. The summed E-state index contributed by atoms with van der Waals surface area (Å²) in [6.45, 7) is 2.98. The Hall–Kier alpha value is -2.67. The van der Waals surface area contributed by atoms with Crippen molar-refractivity contribution in [3.05, 3.63) is 48.0 Å². The van der Waals surface area contributed by atoms with Crippen molar-refractivity contribution in [2.75, 3.05) is 26.7 Å². The molecule has 4 heterocycles. The highest BCUT2D eigenvalue weighted by molar-refractivity contribution is 5.80. The lowest BCUT2D eigenvalue weighted by atomic mass is 9.89. The number of pyridine rings is 1. The molecule has 1 amide bonds. The number of piperidine rings is 1. The van der Waals surface area contributed by atoms with Gasteiger partial charge in [-0.1, -0.05) is 0 Å².